The summed E-state index contributed by atoms with van der Waals surface area (Å²) in [6.45, 7) is 5.09. The topological polar surface area (TPSA) is 43.8 Å². The van der Waals surface area contributed by atoms with Crippen LogP contribution >= 0.6 is 12.2 Å². The zero-order valence-electron chi connectivity index (χ0n) is 8.03. The lowest BCUT2D eigenvalue weighted by Crippen LogP contribution is -2.13. The summed E-state index contributed by atoms with van der Waals surface area (Å²) in [7, 11) is 0. The number of aryl methyl sites for hydroxylation is 1. The van der Waals surface area contributed by atoms with E-state index >= 15 is 0 Å². The van der Waals surface area contributed by atoms with E-state index in [-0.39, 0.29) is 0 Å². The molecule has 1 heterocycles. The Balaban J connectivity index is 2.65. The van der Waals surface area contributed by atoms with Gasteiger partial charge in [-0.05, 0) is 0 Å². The smallest absolute Gasteiger partial charge is 0.111 e. The van der Waals surface area contributed by atoms with Crippen molar-refractivity contribution in [2.75, 3.05) is 0 Å². The monoisotopic (exact) mass is 197 g/mol. The van der Waals surface area contributed by atoms with Gasteiger partial charge < -0.3 is 10.3 Å². The molecule has 0 radical (unpaired) electrons. The minimum Gasteiger partial charge on any atom is -0.393 e. The molecule has 0 aliphatic heterocycles. The minimum atomic E-state index is 0.446. The van der Waals surface area contributed by atoms with Crippen LogP contribution in [0.2, 0.25) is 0 Å². The molecule has 0 aromatic carbocycles. The first kappa shape index (κ1) is 10.2. The highest BCUT2D eigenvalue weighted by molar-refractivity contribution is 7.80. The lowest BCUT2D eigenvalue weighted by molar-refractivity contribution is 0.635. The molecule has 1 aromatic rings. The molecule has 0 spiro atoms. The second kappa shape index (κ2) is 4.37. The van der Waals surface area contributed by atoms with Crippen LogP contribution in [0.5, 0.6) is 0 Å². The average Bonchev–Trinajstić information content (AvgIpc) is 2.47. The van der Waals surface area contributed by atoms with Gasteiger partial charge in [-0.15, -0.1) is 0 Å². The van der Waals surface area contributed by atoms with Crippen LogP contribution in [0.25, 0.3) is 0 Å². The van der Waals surface area contributed by atoms with Gasteiger partial charge in [0.25, 0.3) is 0 Å². The molecular weight excluding hydrogens is 182 g/mol. The van der Waals surface area contributed by atoms with Crippen LogP contribution < -0.4 is 5.73 Å². The van der Waals surface area contributed by atoms with Gasteiger partial charge in [-0.2, -0.15) is 0 Å². The summed E-state index contributed by atoms with van der Waals surface area (Å²) in [6, 6.07) is 0. The average molecular weight is 197 g/mol. The van der Waals surface area contributed by atoms with Gasteiger partial charge in [0.2, 0.25) is 0 Å². The fraction of sp³-hybridized carbons (Fsp3) is 0.556. The third kappa shape index (κ3) is 2.81. The van der Waals surface area contributed by atoms with E-state index in [1.807, 2.05) is 12.4 Å². The van der Waals surface area contributed by atoms with Crippen molar-refractivity contribution >= 4 is 17.2 Å². The standard InChI is InChI=1S/C9H15N3S/c1-7(2)9-11-4-6-12(9)5-3-8(10)13/h4,6-7H,3,5H2,1-2H3,(H2,10,13). The fourth-order valence-corrected chi connectivity index (χ4v) is 1.33. The van der Waals surface area contributed by atoms with Crippen molar-refractivity contribution in [2.45, 2.75) is 32.7 Å². The van der Waals surface area contributed by atoms with E-state index in [9.17, 15) is 0 Å². The Morgan fingerprint density at radius 1 is 1.69 bits per heavy atom. The highest BCUT2D eigenvalue weighted by atomic mass is 32.1. The maximum atomic E-state index is 5.43. The van der Waals surface area contributed by atoms with Crippen molar-refractivity contribution in [3.8, 4) is 0 Å². The van der Waals surface area contributed by atoms with Crippen molar-refractivity contribution in [3.63, 3.8) is 0 Å². The largest absolute Gasteiger partial charge is 0.393 e. The van der Waals surface area contributed by atoms with Crippen molar-refractivity contribution in [1.29, 1.82) is 0 Å². The molecule has 0 bridgehead atoms. The molecule has 0 aliphatic carbocycles. The van der Waals surface area contributed by atoms with Crippen molar-refractivity contribution in [1.82, 2.24) is 9.55 Å². The van der Waals surface area contributed by atoms with E-state index in [0.29, 0.717) is 10.9 Å². The van der Waals surface area contributed by atoms with Gasteiger partial charge >= 0.3 is 0 Å². The second-order valence-electron chi connectivity index (χ2n) is 3.35. The van der Waals surface area contributed by atoms with Crippen LogP contribution in [0.15, 0.2) is 12.4 Å². The summed E-state index contributed by atoms with van der Waals surface area (Å²) < 4.78 is 2.10. The summed E-state index contributed by atoms with van der Waals surface area (Å²) in [6.07, 6.45) is 4.52. The molecule has 0 amide bonds. The van der Waals surface area contributed by atoms with E-state index in [2.05, 4.69) is 23.4 Å². The van der Waals surface area contributed by atoms with E-state index in [1.54, 1.807) is 0 Å². The van der Waals surface area contributed by atoms with Gasteiger partial charge in [-0.25, -0.2) is 4.98 Å². The fourth-order valence-electron chi connectivity index (χ4n) is 1.24. The van der Waals surface area contributed by atoms with Crippen molar-refractivity contribution < 1.29 is 0 Å². The van der Waals surface area contributed by atoms with E-state index in [1.165, 1.54) is 0 Å². The van der Waals surface area contributed by atoms with Crippen molar-refractivity contribution in [3.05, 3.63) is 18.2 Å². The van der Waals surface area contributed by atoms with E-state index in [4.69, 9.17) is 18.0 Å². The first-order valence-corrected chi connectivity index (χ1v) is 4.81. The molecule has 2 N–H and O–H groups in total. The summed E-state index contributed by atoms with van der Waals surface area (Å²) in [5, 5.41) is 0. The molecule has 0 saturated carbocycles. The maximum Gasteiger partial charge on any atom is 0.111 e. The Labute approximate surface area is 84.0 Å². The number of hydrogen-bond donors (Lipinski definition) is 1. The molecule has 0 aliphatic rings. The third-order valence-corrected chi connectivity index (χ3v) is 2.07. The number of imidazole rings is 1. The van der Waals surface area contributed by atoms with Gasteiger partial charge in [-0.3, -0.25) is 0 Å². The molecule has 3 nitrogen and oxygen atoms in total. The molecule has 4 heteroatoms. The summed E-state index contributed by atoms with van der Waals surface area (Å²) in [4.78, 5) is 4.83. The maximum absolute atomic E-state index is 5.43. The van der Waals surface area contributed by atoms with Crippen LogP contribution in [-0.4, -0.2) is 14.5 Å². The Morgan fingerprint density at radius 3 is 2.92 bits per heavy atom. The van der Waals surface area contributed by atoms with Crippen LogP contribution in [0, 0.1) is 0 Å². The molecule has 1 rings (SSSR count). The highest BCUT2D eigenvalue weighted by Gasteiger charge is 2.06. The number of rotatable bonds is 4. The zero-order valence-corrected chi connectivity index (χ0v) is 8.84. The summed E-state index contributed by atoms with van der Waals surface area (Å²) in [5.74, 6) is 1.54. The lowest BCUT2D eigenvalue weighted by Gasteiger charge is -2.09. The quantitative estimate of drug-likeness (QED) is 0.747. The predicted octanol–water partition coefficient (Wildman–Crippen LogP) is 1.68. The zero-order chi connectivity index (χ0) is 9.84. The molecular formula is C9H15N3S. The summed E-state index contributed by atoms with van der Waals surface area (Å²) >= 11 is 4.82. The molecule has 0 fully saturated rings. The van der Waals surface area contributed by atoms with Gasteiger partial charge in [0.15, 0.2) is 0 Å². The summed E-state index contributed by atoms with van der Waals surface area (Å²) in [5.41, 5.74) is 5.43. The van der Waals surface area contributed by atoms with E-state index in [0.717, 1.165) is 18.8 Å². The van der Waals surface area contributed by atoms with Gasteiger partial charge in [0, 0.05) is 31.3 Å². The van der Waals surface area contributed by atoms with Crippen LogP contribution in [0.3, 0.4) is 0 Å². The minimum absolute atomic E-state index is 0.446. The first-order chi connectivity index (χ1) is 6.11. The molecule has 0 saturated heterocycles. The number of aromatic nitrogens is 2. The van der Waals surface area contributed by atoms with Gasteiger partial charge in [-0.1, -0.05) is 26.1 Å². The number of thiocarbonyl (C=S) groups is 1. The lowest BCUT2D eigenvalue weighted by atomic mass is 10.2. The SMILES string of the molecule is CC(C)c1nccn1CCC(N)=S. The first-order valence-electron chi connectivity index (χ1n) is 4.40. The second-order valence-corrected chi connectivity index (χ2v) is 3.87. The molecule has 72 valence electrons. The van der Waals surface area contributed by atoms with Crippen molar-refractivity contribution in [2.24, 2.45) is 5.73 Å². The molecule has 13 heavy (non-hydrogen) atoms. The predicted molar refractivity (Wildman–Crippen MR) is 57.7 cm³/mol. The molecule has 0 atom stereocenters. The molecule has 0 unspecified atom stereocenters. The van der Waals surface area contributed by atoms with Gasteiger partial charge in [0.1, 0.15) is 5.82 Å². The Kier molecular flexibility index (Phi) is 3.42. The Hall–Kier alpha value is -0.900. The Bertz CT molecular complexity index is 291. The highest BCUT2D eigenvalue weighted by Crippen LogP contribution is 2.11. The number of hydrogen-bond acceptors (Lipinski definition) is 2. The van der Waals surface area contributed by atoms with Gasteiger partial charge in [0.05, 0.1) is 4.99 Å². The normalized spacial score (nSPS) is 10.7. The number of nitrogens with zero attached hydrogens (tertiary/aromatic N) is 2. The third-order valence-electron chi connectivity index (χ3n) is 1.86. The number of nitrogens with two attached hydrogens (primary N) is 1. The van der Waals surface area contributed by atoms with Crippen LogP contribution in [-0.2, 0) is 6.54 Å². The van der Waals surface area contributed by atoms with E-state index < -0.39 is 0 Å². The van der Waals surface area contributed by atoms with Crippen LogP contribution in [0.4, 0.5) is 0 Å². The Morgan fingerprint density at radius 2 is 2.38 bits per heavy atom. The molecule has 1 aromatic heterocycles. The van der Waals surface area contributed by atoms with Crippen LogP contribution in [0.1, 0.15) is 32.0 Å².